The second-order valence-corrected chi connectivity index (χ2v) is 10.4. The Balaban J connectivity index is 4.36. The van der Waals surface area contributed by atoms with Crippen LogP contribution in [0.2, 0.25) is 0 Å². The zero-order valence-corrected chi connectivity index (χ0v) is 23.0. The van der Waals surface area contributed by atoms with Gasteiger partial charge < -0.3 is 30.5 Å². The summed E-state index contributed by atoms with van der Waals surface area (Å²) < 4.78 is 5.47. The van der Waals surface area contributed by atoms with Crippen LogP contribution < -0.4 is 5.32 Å². The molecule has 0 bridgehead atoms. The van der Waals surface area contributed by atoms with E-state index in [1.807, 2.05) is 20.8 Å². The Kier molecular flexibility index (Phi) is 18.7. The lowest BCUT2D eigenvalue weighted by molar-refractivity contribution is -0.164. The molecule has 0 aliphatic rings. The third-order valence-corrected chi connectivity index (χ3v) is 6.75. The number of carbonyl (C=O) groups excluding carboxylic acids is 2. The summed E-state index contributed by atoms with van der Waals surface area (Å²) in [6.07, 6.45) is 5.52. The lowest BCUT2D eigenvalue weighted by atomic mass is 9.89. The number of carboxylic acid groups (broad SMARTS) is 2. The van der Waals surface area contributed by atoms with E-state index in [0.717, 1.165) is 44.9 Å². The van der Waals surface area contributed by atoms with Crippen LogP contribution in [0.1, 0.15) is 105 Å². The molecule has 5 N–H and O–H groups in total. The number of amides is 1. The number of hydrogen-bond donors (Lipinski definition) is 5. The van der Waals surface area contributed by atoms with Crippen molar-refractivity contribution in [1.82, 2.24) is 5.32 Å². The molecule has 0 rings (SSSR count). The highest BCUT2D eigenvalue weighted by Gasteiger charge is 2.32. The molecule has 0 heterocycles. The number of unbranched alkanes of at least 4 members (excludes halogenated alkanes) is 5. The highest BCUT2D eigenvalue weighted by Crippen LogP contribution is 2.24. The van der Waals surface area contributed by atoms with Crippen molar-refractivity contribution in [3.05, 3.63) is 0 Å². The predicted molar refractivity (Wildman–Crippen MR) is 139 cm³/mol. The molecule has 10 heteroatoms. The number of aliphatic carboxylic acids is 2. The molecule has 1 unspecified atom stereocenters. The van der Waals surface area contributed by atoms with Crippen LogP contribution in [0.4, 0.5) is 0 Å². The molecular formula is C27H49NO9. The zero-order chi connectivity index (χ0) is 28.4. The van der Waals surface area contributed by atoms with Crippen LogP contribution in [0.5, 0.6) is 0 Å². The van der Waals surface area contributed by atoms with E-state index in [1.165, 1.54) is 6.92 Å². The van der Waals surface area contributed by atoms with Gasteiger partial charge in [0, 0.05) is 13.5 Å². The highest BCUT2D eigenvalue weighted by atomic mass is 16.6. The molecule has 0 aliphatic heterocycles. The third kappa shape index (κ3) is 17.8. The fourth-order valence-corrected chi connectivity index (χ4v) is 4.27. The van der Waals surface area contributed by atoms with Gasteiger partial charge in [0.25, 0.3) is 0 Å². The molecular weight excluding hydrogens is 482 g/mol. The van der Waals surface area contributed by atoms with Crippen molar-refractivity contribution in [2.24, 2.45) is 17.8 Å². The maximum atomic E-state index is 12.4. The van der Waals surface area contributed by atoms with Crippen molar-refractivity contribution >= 4 is 23.8 Å². The maximum absolute atomic E-state index is 12.4. The molecule has 0 aromatic carbocycles. The Labute approximate surface area is 221 Å². The molecule has 0 saturated heterocycles. The first-order valence-electron chi connectivity index (χ1n) is 13.6. The van der Waals surface area contributed by atoms with E-state index in [1.54, 1.807) is 0 Å². The third-order valence-electron chi connectivity index (χ3n) is 6.75. The van der Waals surface area contributed by atoms with Gasteiger partial charge in [-0.2, -0.15) is 0 Å². The quantitative estimate of drug-likeness (QED) is 0.104. The largest absolute Gasteiger partial charge is 0.481 e. The van der Waals surface area contributed by atoms with Gasteiger partial charge in [0.05, 0.1) is 31.0 Å². The number of rotatable bonds is 22. The summed E-state index contributed by atoms with van der Waals surface area (Å²) in [6, 6.07) is 0. The van der Waals surface area contributed by atoms with E-state index in [0.29, 0.717) is 25.8 Å². The minimum Gasteiger partial charge on any atom is -0.481 e. The normalized spacial score (nSPS) is 16.2. The molecule has 0 aromatic rings. The summed E-state index contributed by atoms with van der Waals surface area (Å²) in [4.78, 5) is 45.3. The van der Waals surface area contributed by atoms with Crippen LogP contribution in [-0.2, 0) is 23.9 Å². The van der Waals surface area contributed by atoms with E-state index in [4.69, 9.17) is 14.9 Å². The number of aliphatic hydroxyl groups is 2. The number of ether oxygens (including phenoxy) is 1. The molecule has 0 radical (unpaired) electrons. The van der Waals surface area contributed by atoms with Crippen molar-refractivity contribution in [3.8, 4) is 0 Å². The first kappa shape index (κ1) is 34.8. The van der Waals surface area contributed by atoms with Gasteiger partial charge in [-0.25, -0.2) is 0 Å². The molecule has 0 saturated carbocycles. The van der Waals surface area contributed by atoms with Crippen LogP contribution in [0.25, 0.3) is 0 Å². The predicted octanol–water partition coefficient (Wildman–Crippen LogP) is 3.51. The first-order chi connectivity index (χ1) is 17.4. The zero-order valence-electron chi connectivity index (χ0n) is 23.0. The van der Waals surface area contributed by atoms with Gasteiger partial charge in [-0.1, -0.05) is 65.7 Å². The van der Waals surface area contributed by atoms with E-state index >= 15 is 0 Å². The Hall–Kier alpha value is -2.20. The van der Waals surface area contributed by atoms with Crippen molar-refractivity contribution < 1.29 is 44.3 Å². The Morgan fingerprint density at radius 3 is 1.95 bits per heavy atom. The number of carboxylic acids is 2. The van der Waals surface area contributed by atoms with Gasteiger partial charge in [-0.05, 0) is 31.1 Å². The molecule has 0 spiro atoms. The minimum absolute atomic E-state index is 0.134. The molecule has 0 aromatic heterocycles. The number of carbonyl (C=O) groups is 4. The van der Waals surface area contributed by atoms with Gasteiger partial charge in [-0.15, -0.1) is 0 Å². The van der Waals surface area contributed by atoms with Gasteiger partial charge >= 0.3 is 17.9 Å². The topological polar surface area (TPSA) is 170 Å². The van der Waals surface area contributed by atoms with Gasteiger partial charge in [0.2, 0.25) is 5.91 Å². The fourth-order valence-electron chi connectivity index (χ4n) is 4.27. The van der Waals surface area contributed by atoms with E-state index in [9.17, 15) is 29.4 Å². The number of nitrogens with one attached hydrogen (secondary N) is 1. The van der Waals surface area contributed by atoms with Gasteiger partial charge in [0.1, 0.15) is 6.10 Å². The second-order valence-electron chi connectivity index (χ2n) is 10.4. The molecule has 1 amide bonds. The first-order valence-corrected chi connectivity index (χ1v) is 13.6. The minimum atomic E-state index is -1.37. The standard InChI is InChI=1S/C27H49NO9/c1-5-19(3)26(37-25(34)16-21(27(35)36)15-24(32)33)23(31)14-18(2)12-10-8-6-7-9-11-13-22(30)17-28-20(4)29/h18-19,21-23,26,30-31H,5-17H2,1-4H3,(H,28,29)(H,32,33)(H,35,36)/t18-,19+,21?,22-,23-,26+/m0/s1. The van der Waals surface area contributed by atoms with Crippen LogP contribution in [0.3, 0.4) is 0 Å². The Morgan fingerprint density at radius 1 is 0.865 bits per heavy atom. The van der Waals surface area contributed by atoms with Crippen molar-refractivity contribution in [3.63, 3.8) is 0 Å². The summed E-state index contributed by atoms with van der Waals surface area (Å²) in [7, 11) is 0. The van der Waals surface area contributed by atoms with Gasteiger partial charge in [-0.3, -0.25) is 19.2 Å². The van der Waals surface area contributed by atoms with Crippen LogP contribution >= 0.6 is 0 Å². The lowest BCUT2D eigenvalue weighted by Crippen LogP contribution is -2.38. The van der Waals surface area contributed by atoms with Crippen LogP contribution in [0.15, 0.2) is 0 Å². The monoisotopic (exact) mass is 531 g/mol. The number of esters is 1. The smallest absolute Gasteiger partial charge is 0.307 e. The number of hydrogen-bond acceptors (Lipinski definition) is 7. The van der Waals surface area contributed by atoms with E-state index in [2.05, 4.69) is 5.32 Å². The van der Waals surface area contributed by atoms with Crippen LogP contribution in [-0.4, -0.2) is 69.1 Å². The highest BCUT2D eigenvalue weighted by molar-refractivity contribution is 5.82. The van der Waals surface area contributed by atoms with Gasteiger partial charge in [0.15, 0.2) is 0 Å². The van der Waals surface area contributed by atoms with Crippen molar-refractivity contribution in [1.29, 1.82) is 0 Å². The molecule has 6 atom stereocenters. The Morgan fingerprint density at radius 2 is 1.43 bits per heavy atom. The summed E-state index contributed by atoms with van der Waals surface area (Å²) in [5.41, 5.74) is 0. The molecule has 10 nitrogen and oxygen atoms in total. The fraction of sp³-hybridized carbons (Fsp3) is 0.852. The second kappa shape index (κ2) is 19.9. The Bertz CT molecular complexity index is 685. The molecule has 37 heavy (non-hydrogen) atoms. The summed E-state index contributed by atoms with van der Waals surface area (Å²) in [5, 5.41) is 41.2. The molecule has 0 fully saturated rings. The average molecular weight is 532 g/mol. The SMILES string of the molecule is CC[C@@H](C)[C@@H](OC(=O)CC(CC(=O)O)C(=O)O)[C@@H](O)C[C@@H](C)CCCCCCCC[C@H](O)CNC(C)=O. The van der Waals surface area contributed by atoms with Crippen molar-refractivity contribution in [2.75, 3.05) is 6.54 Å². The van der Waals surface area contributed by atoms with Crippen LogP contribution in [0, 0.1) is 17.8 Å². The number of aliphatic hydroxyl groups excluding tert-OH is 2. The molecule has 216 valence electrons. The lowest BCUT2D eigenvalue weighted by Gasteiger charge is -2.30. The van der Waals surface area contributed by atoms with Crippen molar-refractivity contribution in [2.45, 2.75) is 123 Å². The summed E-state index contributed by atoms with van der Waals surface area (Å²) in [6.45, 7) is 7.54. The summed E-state index contributed by atoms with van der Waals surface area (Å²) in [5.74, 6) is -4.91. The molecule has 0 aliphatic carbocycles. The van der Waals surface area contributed by atoms with E-state index < -0.39 is 55.0 Å². The maximum Gasteiger partial charge on any atom is 0.307 e. The van der Waals surface area contributed by atoms with E-state index in [-0.39, 0.29) is 17.7 Å². The summed E-state index contributed by atoms with van der Waals surface area (Å²) >= 11 is 0. The average Bonchev–Trinajstić information content (AvgIpc) is 2.81.